The molecule has 4 rings (SSSR count). The molecule has 3 aliphatic rings. The van der Waals surface area contributed by atoms with E-state index >= 15 is 0 Å². The van der Waals surface area contributed by atoms with Crippen LogP contribution in [0.2, 0.25) is 0 Å². The van der Waals surface area contributed by atoms with Crippen LogP contribution in [0.3, 0.4) is 0 Å². The van der Waals surface area contributed by atoms with Crippen molar-refractivity contribution in [2.45, 2.75) is 57.5 Å². The molecule has 1 aromatic carbocycles. The van der Waals surface area contributed by atoms with E-state index in [9.17, 15) is 9.90 Å². The summed E-state index contributed by atoms with van der Waals surface area (Å²) in [7, 11) is 0. The van der Waals surface area contributed by atoms with Crippen LogP contribution in [0.15, 0.2) is 12.1 Å². The number of ketones is 1. The van der Waals surface area contributed by atoms with Crippen molar-refractivity contribution in [3.05, 3.63) is 23.3 Å². The SMILES string of the molecule is Cc1ccc(O)c2c1[C@]13CCC[C@H](C)[C@@H]1CCC(=O)C3O2. The number of hydrogen-bond acceptors (Lipinski definition) is 3. The first-order valence-electron chi connectivity index (χ1n) is 8.08. The largest absolute Gasteiger partial charge is 0.504 e. The van der Waals surface area contributed by atoms with Crippen molar-refractivity contribution in [2.75, 3.05) is 0 Å². The maximum atomic E-state index is 12.5. The number of benzene rings is 1. The highest BCUT2D eigenvalue weighted by molar-refractivity contribution is 5.88. The second kappa shape index (κ2) is 4.25. The number of rotatable bonds is 0. The fraction of sp³-hybridized carbons (Fsp3) is 0.611. The van der Waals surface area contributed by atoms with E-state index in [1.807, 2.05) is 6.07 Å². The van der Waals surface area contributed by atoms with Crippen LogP contribution in [0.5, 0.6) is 11.5 Å². The summed E-state index contributed by atoms with van der Waals surface area (Å²) < 4.78 is 6.04. The molecule has 1 aromatic rings. The zero-order valence-electron chi connectivity index (χ0n) is 12.7. The molecule has 1 heterocycles. The van der Waals surface area contributed by atoms with Crippen molar-refractivity contribution in [3.8, 4) is 11.5 Å². The van der Waals surface area contributed by atoms with Gasteiger partial charge in [-0.1, -0.05) is 25.8 Å². The van der Waals surface area contributed by atoms with Gasteiger partial charge >= 0.3 is 0 Å². The highest BCUT2D eigenvalue weighted by Gasteiger charge is 2.61. The summed E-state index contributed by atoms with van der Waals surface area (Å²) in [5, 5.41) is 10.2. The van der Waals surface area contributed by atoms with E-state index < -0.39 is 0 Å². The van der Waals surface area contributed by atoms with Gasteiger partial charge < -0.3 is 9.84 Å². The number of phenols is 1. The topological polar surface area (TPSA) is 46.5 Å². The summed E-state index contributed by atoms with van der Waals surface area (Å²) in [6.45, 7) is 4.39. The number of fused-ring (bicyclic) bond motifs is 1. The first-order chi connectivity index (χ1) is 10.1. The van der Waals surface area contributed by atoms with Gasteiger partial charge in [0.1, 0.15) is 0 Å². The second-order valence-electron chi connectivity index (χ2n) is 7.12. The molecule has 0 saturated heterocycles. The second-order valence-corrected chi connectivity index (χ2v) is 7.12. The Labute approximate surface area is 125 Å². The third-order valence-corrected chi connectivity index (χ3v) is 6.11. The van der Waals surface area contributed by atoms with Crippen LogP contribution in [0.4, 0.5) is 0 Å². The molecule has 2 saturated carbocycles. The van der Waals surface area contributed by atoms with E-state index in [0.717, 1.165) is 30.4 Å². The van der Waals surface area contributed by atoms with Gasteiger partial charge in [-0.2, -0.15) is 0 Å². The van der Waals surface area contributed by atoms with Gasteiger partial charge in [0.05, 0.1) is 0 Å². The van der Waals surface area contributed by atoms with E-state index in [4.69, 9.17) is 4.74 Å². The van der Waals surface area contributed by atoms with Gasteiger partial charge in [-0.05, 0) is 43.2 Å². The van der Waals surface area contributed by atoms with E-state index in [1.54, 1.807) is 6.07 Å². The minimum Gasteiger partial charge on any atom is -0.504 e. The Kier molecular flexibility index (Phi) is 2.66. The summed E-state index contributed by atoms with van der Waals surface area (Å²) >= 11 is 0. The van der Waals surface area contributed by atoms with E-state index in [0.29, 0.717) is 24.0 Å². The maximum Gasteiger partial charge on any atom is 0.174 e. The molecule has 21 heavy (non-hydrogen) atoms. The van der Waals surface area contributed by atoms with Crippen molar-refractivity contribution >= 4 is 5.78 Å². The van der Waals surface area contributed by atoms with Crippen molar-refractivity contribution in [1.82, 2.24) is 0 Å². The van der Waals surface area contributed by atoms with Crippen LogP contribution < -0.4 is 4.74 Å². The van der Waals surface area contributed by atoms with Gasteiger partial charge in [0.15, 0.2) is 23.4 Å². The molecule has 0 aromatic heterocycles. The fourth-order valence-corrected chi connectivity index (χ4v) is 5.29. The number of Topliss-reactive ketones (excluding diaryl/α,β-unsaturated/α-hetero) is 1. The predicted molar refractivity (Wildman–Crippen MR) is 79.7 cm³/mol. The summed E-state index contributed by atoms with van der Waals surface area (Å²) in [6, 6.07) is 3.65. The number of hydrogen-bond donors (Lipinski definition) is 1. The van der Waals surface area contributed by atoms with E-state index in [1.165, 1.54) is 6.42 Å². The summed E-state index contributed by atoms with van der Waals surface area (Å²) in [5.74, 6) is 2.09. The lowest BCUT2D eigenvalue weighted by Crippen LogP contribution is -2.56. The minimum absolute atomic E-state index is 0.184. The monoisotopic (exact) mass is 286 g/mol. The Balaban J connectivity index is 1.98. The number of carbonyl (C=O) groups is 1. The summed E-state index contributed by atoms with van der Waals surface area (Å²) in [4.78, 5) is 12.5. The van der Waals surface area contributed by atoms with Crippen LogP contribution in [0, 0.1) is 18.8 Å². The van der Waals surface area contributed by atoms with Crippen molar-refractivity contribution in [3.63, 3.8) is 0 Å². The molecular formula is C18H22O3. The lowest BCUT2D eigenvalue weighted by atomic mass is 9.52. The predicted octanol–water partition coefficient (Wildman–Crippen LogP) is 3.50. The van der Waals surface area contributed by atoms with E-state index in [-0.39, 0.29) is 23.1 Å². The molecule has 1 aliphatic heterocycles. The molecular weight excluding hydrogens is 264 g/mol. The van der Waals surface area contributed by atoms with Crippen molar-refractivity contribution in [1.29, 1.82) is 0 Å². The first-order valence-corrected chi connectivity index (χ1v) is 8.08. The number of aryl methyl sites for hydroxylation is 1. The Hall–Kier alpha value is -1.51. The fourth-order valence-electron chi connectivity index (χ4n) is 5.29. The molecule has 112 valence electrons. The van der Waals surface area contributed by atoms with Gasteiger partial charge in [0.25, 0.3) is 0 Å². The minimum atomic E-state index is -0.374. The number of phenolic OH excluding ortho intramolecular Hbond substituents is 1. The van der Waals surface area contributed by atoms with Gasteiger partial charge in [0.2, 0.25) is 0 Å². The maximum absolute atomic E-state index is 12.5. The Bertz CT molecular complexity index is 621. The highest BCUT2D eigenvalue weighted by Crippen LogP contribution is 2.61. The molecule has 4 atom stereocenters. The molecule has 3 heteroatoms. The van der Waals surface area contributed by atoms with Gasteiger partial charge in [0, 0.05) is 17.4 Å². The molecule has 0 radical (unpaired) electrons. The van der Waals surface area contributed by atoms with Crippen LogP contribution in [-0.4, -0.2) is 17.0 Å². The van der Waals surface area contributed by atoms with Crippen LogP contribution in [0.25, 0.3) is 0 Å². The zero-order valence-corrected chi connectivity index (χ0v) is 12.7. The highest BCUT2D eigenvalue weighted by atomic mass is 16.5. The lowest BCUT2D eigenvalue weighted by molar-refractivity contribution is -0.135. The average molecular weight is 286 g/mol. The molecule has 3 nitrogen and oxygen atoms in total. The molecule has 1 N–H and O–H groups in total. The van der Waals surface area contributed by atoms with Crippen LogP contribution in [-0.2, 0) is 10.2 Å². The van der Waals surface area contributed by atoms with Crippen molar-refractivity contribution in [2.24, 2.45) is 11.8 Å². The summed E-state index contributed by atoms with van der Waals surface area (Å²) in [6.07, 6.45) is 4.60. The molecule has 0 amide bonds. The zero-order chi connectivity index (χ0) is 14.8. The molecule has 2 aliphatic carbocycles. The lowest BCUT2D eigenvalue weighted by Gasteiger charge is -2.50. The van der Waals surface area contributed by atoms with Gasteiger partial charge in [-0.15, -0.1) is 0 Å². The van der Waals surface area contributed by atoms with Crippen LogP contribution >= 0.6 is 0 Å². The Morgan fingerprint density at radius 3 is 2.95 bits per heavy atom. The normalized spacial score (nSPS) is 37.4. The summed E-state index contributed by atoms with van der Waals surface area (Å²) in [5.41, 5.74) is 2.08. The standard InChI is InChI=1S/C18H22O3/c1-10-4-3-9-18-12(10)6-8-14(20)17(18)21-16-13(19)7-5-11(2)15(16)18/h5,7,10,12,17,19H,3-4,6,8-9H2,1-2H3/t10-,12-,17?,18-/m0/s1. The number of carbonyl (C=O) groups excluding carboxylic acids is 1. The molecule has 2 fully saturated rings. The molecule has 1 unspecified atom stereocenters. The third-order valence-electron chi connectivity index (χ3n) is 6.11. The first kappa shape index (κ1) is 13.2. The van der Waals surface area contributed by atoms with Gasteiger partial charge in [-0.25, -0.2) is 0 Å². The van der Waals surface area contributed by atoms with Gasteiger partial charge in [-0.3, -0.25) is 4.79 Å². The Morgan fingerprint density at radius 1 is 1.33 bits per heavy atom. The van der Waals surface area contributed by atoms with Crippen molar-refractivity contribution < 1.29 is 14.6 Å². The number of aromatic hydroxyl groups is 1. The molecule has 0 bridgehead atoms. The average Bonchev–Trinajstić information content (AvgIpc) is 2.80. The van der Waals surface area contributed by atoms with E-state index in [2.05, 4.69) is 13.8 Å². The smallest absolute Gasteiger partial charge is 0.174 e. The molecule has 1 spiro atoms. The quantitative estimate of drug-likeness (QED) is 0.794. The number of ether oxygens (including phenoxy) is 1. The van der Waals surface area contributed by atoms with Crippen LogP contribution in [0.1, 0.15) is 50.2 Å². The Morgan fingerprint density at radius 2 is 2.14 bits per heavy atom. The third kappa shape index (κ3) is 1.52.